The van der Waals surface area contributed by atoms with Gasteiger partial charge in [-0.3, -0.25) is 9.59 Å². The molecule has 2 unspecified atom stereocenters. The van der Waals surface area contributed by atoms with E-state index in [-0.39, 0.29) is 11.9 Å². The predicted octanol–water partition coefficient (Wildman–Crippen LogP) is 3.15. The molecule has 1 amide bonds. The molecule has 1 aromatic rings. The van der Waals surface area contributed by atoms with E-state index in [4.69, 9.17) is 0 Å². The fraction of sp³-hybridized carbons (Fsp3) is 0.412. The maximum absolute atomic E-state index is 12.7. The number of benzene rings is 1. The molecule has 1 N–H and O–H groups in total. The third-order valence-electron chi connectivity index (χ3n) is 4.61. The smallest absolute Gasteiger partial charge is 0.308 e. The number of amides is 1. The molecule has 4 heteroatoms. The molecule has 2 atom stereocenters. The monoisotopic (exact) mass is 285 g/mol. The Balaban J connectivity index is 1.98. The first-order chi connectivity index (χ1) is 10.1. The number of rotatable bonds is 2. The first-order valence-electron chi connectivity index (χ1n) is 7.46. The molecule has 0 spiro atoms. The van der Waals surface area contributed by atoms with Gasteiger partial charge in [0.05, 0.1) is 12.0 Å². The average molecular weight is 285 g/mol. The third-order valence-corrected chi connectivity index (χ3v) is 4.61. The highest BCUT2D eigenvalue weighted by Crippen LogP contribution is 2.38. The van der Waals surface area contributed by atoms with Gasteiger partial charge in [-0.05, 0) is 18.9 Å². The van der Waals surface area contributed by atoms with Gasteiger partial charge in [0.1, 0.15) is 0 Å². The molecule has 0 saturated heterocycles. The van der Waals surface area contributed by atoms with E-state index in [9.17, 15) is 14.7 Å². The zero-order chi connectivity index (χ0) is 15.0. The van der Waals surface area contributed by atoms with Crippen molar-refractivity contribution in [1.82, 2.24) is 4.90 Å². The van der Waals surface area contributed by atoms with Crippen LogP contribution >= 0.6 is 0 Å². The van der Waals surface area contributed by atoms with Crippen molar-refractivity contribution in [2.24, 2.45) is 5.92 Å². The maximum atomic E-state index is 12.7. The van der Waals surface area contributed by atoms with E-state index < -0.39 is 11.9 Å². The number of aliphatic carboxylic acids is 1. The molecule has 1 heterocycles. The summed E-state index contributed by atoms with van der Waals surface area (Å²) in [5.74, 6) is -1.41. The van der Waals surface area contributed by atoms with Crippen molar-refractivity contribution in [3.05, 3.63) is 42.0 Å². The van der Waals surface area contributed by atoms with E-state index in [1.54, 1.807) is 11.0 Å². The Morgan fingerprint density at radius 1 is 1.14 bits per heavy atom. The van der Waals surface area contributed by atoms with Crippen LogP contribution in [0.5, 0.6) is 0 Å². The summed E-state index contributed by atoms with van der Waals surface area (Å²) in [6.45, 7) is 4.04. The Morgan fingerprint density at radius 2 is 1.81 bits per heavy atom. The van der Waals surface area contributed by atoms with Crippen molar-refractivity contribution in [2.45, 2.75) is 38.1 Å². The average Bonchev–Trinajstić information content (AvgIpc) is 2.66. The van der Waals surface area contributed by atoms with Crippen LogP contribution in [-0.4, -0.2) is 27.9 Å². The number of carbonyl (C=O) groups is 2. The molecule has 0 bridgehead atoms. The van der Waals surface area contributed by atoms with Gasteiger partial charge in [-0.2, -0.15) is 0 Å². The second-order valence-electron chi connectivity index (χ2n) is 5.82. The Bertz CT molecular complexity index is 573. The molecule has 2 aliphatic rings. The Hall–Kier alpha value is -2.10. The normalized spacial score (nSPS) is 25.6. The van der Waals surface area contributed by atoms with Crippen LogP contribution in [-0.2, 0) is 4.79 Å². The molecule has 1 aromatic carbocycles. The van der Waals surface area contributed by atoms with E-state index in [2.05, 4.69) is 6.58 Å². The van der Waals surface area contributed by atoms with Crippen molar-refractivity contribution >= 4 is 17.6 Å². The van der Waals surface area contributed by atoms with Crippen molar-refractivity contribution < 1.29 is 14.7 Å². The van der Waals surface area contributed by atoms with E-state index >= 15 is 0 Å². The number of carboxylic acid groups (broad SMARTS) is 1. The minimum atomic E-state index is -0.807. The maximum Gasteiger partial charge on any atom is 0.308 e. The zero-order valence-corrected chi connectivity index (χ0v) is 11.9. The zero-order valence-electron chi connectivity index (χ0n) is 11.9. The van der Waals surface area contributed by atoms with Crippen LogP contribution < -0.4 is 0 Å². The van der Waals surface area contributed by atoms with Crippen molar-refractivity contribution in [3.8, 4) is 0 Å². The van der Waals surface area contributed by atoms with Crippen molar-refractivity contribution in [1.29, 1.82) is 0 Å². The van der Waals surface area contributed by atoms with Gasteiger partial charge < -0.3 is 10.0 Å². The number of nitrogens with zero attached hydrogens (tertiary/aromatic N) is 1. The highest BCUT2D eigenvalue weighted by atomic mass is 16.4. The van der Waals surface area contributed by atoms with Crippen LogP contribution in [0.4, 0.5) is 0 Å². The lowest BCUT2D eigenvalue weighted by atomic mass is 9.93. The van der Waals surface area contributed by atoms with Gasteiger partial charge in [0, 0.05) is 16.8 Å². The molecular formula is C17H19NO3. The first-order valence-corrected chi connectivity index (χ1v) is 7.46. The number of hydrogen-bond acceptors (Lipinski definition) is 2. The summed E-state index contributed by atoms with van der Waals surface area (Å²) in [4.78, 5) is 25.9. The largest absolute Gasteiger partial charge is 0.481 e. The lowest BCUT2D eigenvalue weighted by Gasteiger charge is -2.32. The molecule has 1 fully saturated rings. The predicted molar refractivity (Wildman–Crippen MR) is 79.6 cm³/mol. The van der Waals surface area contributed by atoms with Gasteiger partial charge in [-0.25, -0.2) is 0 Å². The van der Waals surface area contributed by atoms with Gasteiger partial charge in [-0.15, -0.1) is 0 Å². The fourth-order valence-electron chi connectivity index (χ4n) is 3.54. The van der Waals surface area contributed by atoms with Crippen LogP contribution in [0, 0.1) is 5.92 Å². The summed E-state index contributed by atoms with van der Waals surface area (Å²) < 4.78 is 0. The molecule has 3 rings (SSSR count). The summed E-state index contributed by atoms with van der Waals surface area (Å²) in [6, 6.07) is 7.09. The summed E-state index contributed by atoms with van der Waals surface area (Å²) in [6.07, 6.45) is 4.27. The number of carbonyl (C=O) groups excluding carboxylic acids is 1. The van der Waals surface area contributed by atoms with Gasteiger partial charge in [-0.1, -0.05) is 44.0 Å². The number of fused-ring (bicyclic) bond motifs is 1. The molecule has 4 nitrogen and oxygen atoms in total. The minimum absolute atomic E-state index is 0.103. The van der Waals surface area contributed by atoms with Crippen LogP contribution in [0.15, 0.2) is 30.8 Å². The van der Waals surface area contributed by atoms with Crippen LogP contribution in [0.25, 0.3) is 5.70 Å². The van der Waals surface area contributed by atoms with Crippen molar-refractivity contribution in [2.75, 3.05) is 0 Å². The molecule has 0 radical (unpaired) electrons. The fourth-order valence-corrected chi connectivity index (χ4v) is 3.54. The molecule has 110 valence electrons. The first kappa shape index (κ1) is 13.9. The van der Waals surface area contributed by atoms with E-state index in [1.165, 1.54) is 0 Å². The molecule has 1 saturated carbocycles. The van der Waals surface area contributed by atoms with Gasteiger partial charge in [0.2, 0.25) is 0 Å². The van der Waals surface area contributed by atoms with Gasteiger partial charge >= 0.3 is 5.97 Å². The summed E-state index contributed by atoms with van der Waals surface area (Å²) in [5.41, 5.74) is 2.11. The van der Waals surface area contributed by atoms with Crippen LogP contribution in [0.3, 0.4) is 0 Å². The molecule has 0 aromatic heterocycles. The highest BCUT2D eigenvalue weighted by Gasteiger charge is 2.41. The van der Waals surface area contributed by atoms with Crippen LogP contribution in [0.1, 0.15) is 48.0 Å². The Labute approximate surface area is 124 Å². The minimum Gasteiger partial charge on any atom is -0.481 e. The Kier molecular flexibility index (Phi) is 3.53. The Morgan fingerprint density at radius 3 is 2.48 bits per heavy atom. The quantitative estimate of drug-likeness (QED) is 0.849. The summed E-state index contributed by atoms with van der Waals surface area (Å²) >= 11 is 0. The molecule has 1 aliphatic carbocycles. The van der Waals surface area contributed by atoms with E-state index in [0.29, 0.717) is 17.7 Å². The molecule has 21 heavy (non-hydrogen) atoms. The van der Waals surface area contributed by atoms with Gasteiger partial charge in [0.25, 0.3) is 5.91 Å². The molecular weight excluding hydrogens is 266 g/mol. The third kappa shape index (κ3) is 2.24. The van der Waals surface area contributed by atoms with Crippen molar-refractivity contribution in [3.63, 3.8) is 0 Å². The lowest BCUT2D eigenvalue weighted by Crippen LogP contribution is -2.42. The van der Waals surface area contributed by atoms with Gasteiger partial charge in [0.15, 0.2) is 0 Å². The lowest BCUT2D eigenvalue weighted by molar-refractivity contribution is -0.143. The van der Waals surface area contributed by atoms with E-state index in [1.807, 2.05) is 18.2 Å². The number of hydrogen-bond donors (Lipinski definition) is 1. The second-order valence-corrected chi connectivity index (χ2v) is 5.82. The van der Waals surface area contributed by atoms with Crippen LogP contribution in [0.2, 0.25) is 0 Å². The standard InChI is InChI=1S/C17H19NO3/c1-11-12-7-5-6-8-13(12)16(19)18(11)15-10-4-2-3-9-14(15)17(20)21/h5-8,14-15H,1-4,9-10H2,(H,20,21). The van der Waals surface area contributed by atoms with E-state index in [0.717, 1.165) is 31.2 Å². The number of carboxylic acids is 1. The topological polar surface area (TPSA) is 57.6 Å². The SMILES string of the molecule is C=C1c2ccccc2C(=O)N1C1CCCCCC1C(=O)O. The molecule has 1 aliphatic heterocycles. The summed E-state index contributed by atoms with van der Waals surface area (Å²) in [7, 11) is 0. The second kappa shape index (κ2) is 5.35. The highest BCUT2D eigenvalue weighted by molar-refractivity contribution is 6.09. The summed E-state index contributed by atoms with van der Waals surface area (Å²) in [5, 5.41) is 9.52.